The number of hydrogen-bond acceptors (Lipinski definition) is 4. The Morgan fingerprint density at radius 1 is 1.47 bits per heavy atom. The smallest absolute Gasteiger partial charge is 0.124 e. The van der Waals surface area contributed by atoms with Crippen molar-refractivity contribution in [3.8, 4) is 0 Å². The summed E-state index contributed by atoms with van der Waals surface area (Å²) in [6.45, 7) is 4.27. The summed E-state index contributed by atoms with van der Waals surface area (Å²) in [5.74, 6) is 0. The van der Waals surface area contributed by atoms with Crippen LogP contribution in [0.5, 0.6) is 0 Å². The van der Waals surface area contributed by atoms with Crippen molar-refractivity contribution in [3.05, 3.63) is 45.9 Å². The van der Waals surface area contributed by atoms with Crippen LogP contribution in [-0.4, -0.2) is 16.0 Å². The average Bonchev–Trinajstić information content (AvgIpc) is 2.75. The Balaban J connectivity index is 2.06. The van der Waals surface area contributed by atoms with Crippen LogP contribution in [0.25, 0.3) is 0 Å². The first-order chi connectivity index (χ1) is 9.06. The number of nitrogens with zero attached hydrogens (tertiary/aromatic N) is 1. The number of nitrogens with two attached hydrogens (primary N) is 1. The van der Waals surface area contributed by atoms with Crippen LogP contribution in [0.3, 0.4) is 0 Å². The lowest BCUT2D eigenvalue weighted by atomic mass is 10.2. The highest BCUT2D eigenvalue weighted by atomic mass is 32.1. The highest BCUT2D eigenvalue weighted by Crippen LogP contribution is 2.19. The molecule has 100 valence electrons. The van der Waals surface area contributed by atoms with Crippen molar-refractivity contribution in [1.82, 2.24) is 4.98 Å². The molecule has 1 atom stereocenters. The van der Waals surface area contributed by atoms with Crippen LogP contribution in [0.1, 0.15) is 22.4 Å². The van der Waals surface area contributed by atoms with Crippen molar-refractivity contribution in [3.63, 3.8) is 0 Å². The summed E-state index contributed by atoms with van der Waals surface area (Å²) in [4.78, 5) is 7.25. The van der Waals surface area contributed by atoms with E-state index < -0.39 is 0 Å². The molecule has 19 heavy (non-hydrogen) atoms. The zero-order valence-corrected chi connectivity index (χ0v) is 12.6. The Kier molecular flexibility index (Phi) is 4.50. The van der Waals surface area contributed by atoms with Crippen molar-refractivity contribution in [2.45, 2.75) is 26.3 Å². The summed E-state index contributed by atoms with van der Waals surface area (Å²) in [5, 5.41) is 3.43. The van der Waals surface area contributed by atoms with Crippen LogP contribution in [0.4, 0.5) is 5.69 Å². The van der Waals surface area contributed by atoms with Gasteiger partial charge in [0.25, 0.3) is 0 Å². The fourth-order valence-corrected chi connectivity index (χ4v) is 3.11. The maximum atomic E-state index is 5.68. The maximum absolute atomic E-state index is 5.68. The van der Waals surface area contributed by atoms with Crippen LogP contribution >= 0.6 is 23.6 Å². The van der Waals surface area contributed by atoms with E-state index in [1.54, 1.807) is 6.20 Å². The highest BCUT2D eigenvalue weighted by molar-refractivity contribution is 7.80. The molecule has 2 rings (SSSR count). The lowest BCUT2D eigenvalue weighted by Gasteiger charge is -2.16. The summed E-state index contributed by atoms with van der Waals surface area (Å²) < 4.78 is 0. The van der Waals surface area contributed by atoms with Gasteiger partial charge in [0, 0.05) is 28.4 Å². The van der Waals surface area contributed by atoms with E-state index >= 15 is 0 Å². The minimum Gasteiger partial charge on any atom is -0.388 e. The molecule has 5 heteroatoms. The molecule has 3 nitrogen and oxygen atoms in total. The topological polar surface area (TPSA) is 50.9 Å². The van der Waals surface area contributed by atoms with Gasteiger partial charge in [0.15, 0.2) is 0 Å². The summed E-state index contributed by atoms with van der Waals surface area (Å²) in [6.07, 6.45) is 2.68. The van der Waals surface area contributed by atoms with Crippen molar-refractivity contribution in [2.24, 2.45) is 5.73 Å². The van der Waals surface area contributed by atoms with Crippen molar-refractivity contribution >= 4 is 34.2 Å². The van der Waals surface area contributed by atoms with Crippen molar-refractivity contribution in [1.29, 1.82) is 0 Å². The molecular formula is C14H17N3S2. The van der Waals surface area contributed by atoms with Crippen LogP contribution in [0.2, 0.25) is 0 Å². The Bertz CT molecular complexity index is 578. The van der Waals surface area contributed by atoms with E-state index in [0.29, 0.717) is 16.7 Å². The molecule has 0 bridgehead atoms. The third kappa shape index (κ3) is 3.75. The second-order valence-corrected chi connectivity index (χ2v) is 6.34. The van der Waals surface area contributed by atoms with Gasteiger partial charge in [-0.3, -0.25) is 4.98 Å². The molecule has 3 N–H and O–H groups in total. The zero-order valence-electron chi connectivity index (χ0n) is 11.0. The molecule has 0 aliphatic heterocycles. The van der Waals surface area contributed by atoms with Crippen LogP contribution in [0, 0.1) is 6.92 Å². The van der Waals surface area contributed by atoms with Gasteiger partial charge in [-0.1, -0.05) is 12.2 Å². The van der Waals surface area contributed by atoms with Gasteiger partial charge in [0.2, 0.25) is 0 Å². The van der Waals surface area contributed by atoms with Gasteiger partial charge >= 0.3 is 0 Å². The molecule has 0 aromatic carbocycles. The second-order valence-electron chi connectivity index (χ2n) is 4.53. The normalized spacial score (nSPS) is 12.1. The molecule has 1 unspecified atom stereocenters. The minimum atomic E-state index is 0.301. The van der Waals surface area contributed by atoms with E-state index in [0.717, 1.165) is 12.1 Å². The molecule has 0 aliphatic rings. The molecule has 2 aromatic rings. The Morgan fingerprint density at radius 2 is 2.26 bits per heavy atom. The number of anilines is 1. The molecule has 0 saturated heterocycles. The standard InChI is InChI=1S/C14H17N3S2/c1-9(8-11-6-5-10(2)19-11)17-12-4-3-7-16-13(12)14(15)18/h3-7,9,17H,8H2,1-2H3,(H2,15,18). The fourth-order valence-electron chi connectivity index (χ4n) is 1.93. The lowest BCUT2D eigenvalue weighted by Crippen LogP contribution is -2.21. The summed E-state index contributed by atoms with van der Waals surface area (Å²) >= 11 is 6.84. The highest BCUT2D eigenvalue weighted by Gasteiger charge is 2.10. The van der Waals surface area contributed by atoms with Gasteiger partial charge in [0.05, 0.1) is 5.69 Å². The first-order valence-electron chi connectivity index (χ1n) is 6.13. The molecule has 0 amide bonds. The van der Waals surface area contributed by atoms with E-state index in [4.69, 9.17) is 18.0 Å². The van der Waals surface area contributed by atoms with E-state index in [-0.39, 0.29) is 0 Å². The third-order valence-corrected chi connectivity index (χ3v) is 3.96. The first kappa shape index (κ1) is 14.0. The predicted octanol–water partition coefficient (Wildman–Crippen LogP) is 3.13. The summed E-state index contributed by atoms with van der Waals surface area (Å²) in [5.41, 5.74) is 7.24. The number of aryl methyl sites for hydroxylation is 1. The predicted molar refractivity (Wildman–Crippen MR) is 86.0 cm³/mol. The molecule has 0 radical (unpaired) electrons. The fraction of sp³-hybridized carbons (Fsp3) is 0.286. The SMILES string of the molecule is Cc1ccc(CC(C)Nc2cccnc2C(N)=S)s1. The van der Waals surface area contributed by atoms with Gasteiger partial charge in [-0.05, 0) is 38.1 Å². The van der Waals surface area contributed by atoms with Gasteiger partial charge in [0.1, 0.15) is 10.7 Å². The summed E-state index contributed by atoms with van der Waals surface area (Å²) in [6, 6.07) is 8.46. The van der Waals surface area contributed by atoms with Gasteiger partial charge < -0.3 is 11.1 Å². The molecule has 0 fully saturated rings. The summed E-state index contributed by atoms with van der Waals surface area (Å²) in [7, 11) is 0. The van der Waals surface area contributed by atoms with Crippen molar-refractivity contribution in [2.75, 3.05) is 5.32 Å². The second kappa shape index (κ2) is 6.12. The molecule has 0 saturated carbocycles. The molecular weight excluding hydrogens is 274 g/mol. The number of thiocarbonyl (C=S) groups is 1. The number of aromatic nitrogens is 1. The zero-order chi connectivity index (χ0) is 13.8. The lowest BCUT2D eigenvalue weighted by molar-refractivity contribution is 0.799. The Labute approximate surface area is 122 Å². The molecule has 0 aliphatic carbocycles. The Hall–Kier alpha value is -1.46. The maximum Gasteiger partial charge on any atom is 0.124 e. The van der Waals surface area contributed by atoms with E-state index in [1.165, 1.54) is 9.75 Å². The number of hydrogen-bond donors (Lipinski definition) is 2. The van der Waals surface area contributed by atoms with E-state index in [1.807, 2.05) is 23.5 Å². The Morgan fingerprint density at radius 3 is 2.89 bits per heavy atom. The van der Waals surface area contributed by atoms with Crippen molar-refractivity contribution < 1.29 is 0 Å². The molecule has 2 aromatic heterocycles. The largest absolute Gasteiger partial charge is 0.388 e. The molecule has 2 heterocycles. The van der Waals surface area contributed by atoms with Crippen LogP contribution < -0.4 is 11.1 Å². The number of pyridine rings is 1. The monoisotopic (exact) mass is 291 g/mol. The minimum absolute atomic E-state index is 0.301. The molecule has 0 spiro atoms. The van der Waals surface area contributed by atoms with E-state index in [9.17, 15) is 0 Å². The van der Waals surface area contributed by atoms with Gasteiger partial charge in [-0.25, -0.2) is 0 Å². The average molecular weight is 291 g/mol. The van der Waals surface area contributed by atoms with Crippen LogP contribution in [0.15, 0.2) is 30.5 Å². The number of thiophene rings is 1. The number of nitrogens with one attached hydrogen (secondary N) is 1. The van der Waals surface area contributed by atoms with Gasteiger partial charge in [-0.15, -0.1) is 11.3 Å². The first-order valence-corrected chi connectivity index (χ1v) is 7.35. The number of rotatable bonds is 5. The quantitative estimate of drug-likeness (QED) is 0.831. The third-order valence-electron chi connectivity index (χ3n) is 2.75. The van der Waals surface area contributed by atoms with E-state index in [2.05, 4.69) is 36.3 Å². The van der Waals surface area contributed by atoms with Gasteiger partial charge in [-0.2, -0.15) is 0 Å². The van der Waals surface area contributed by atoms with Crippen LogP contribution in [-0.2, 0) is 6.42 Å².